The smallest absolute Gasteiger partial charge is 0.323 e. The number of aryl methyl sites for hydroxylation is 1. The average molecular weight is 288 g/mol. The van der Waals surface area contributed by atoms with Crippen LogP contribution in [0.4, 0.5) is 17.6 Å². The van der Waals surface area contributed by atoms with Gasteiger partial charge in [-0.05, 0) is 25.5 Å². The zero-order valence-electron chi connectivity index (χ0n) is 12.5. The van der Waals surface area contributed by atoms with E-state index in [1.54, 1.807) is 0 Å². The van der Waals surface area contributed by atoms with Crippen molar-refractivity contribution in [2.75, 3.05) is 24.0 Å². The van der Waals surface area contributed by atoms with Gasteiger partial charge in [0, 0.05) is 12.7 Å². The monoisotopic (exact) mass is 288 g/mol. The zero-order valence-corrected chi connectivity index (χ0v) is 12.5. The number of nitrogen functional groups attached to an aromatic ring is 1. The van der Waals surface area contributed by atoms with Gasteiger partial charge in [-0.2, -0.15) is 15.0 Å². The Morgan fingerprint density at radius 2 is 1.90 bits per heavy atom. The summed E-state index contributed by atoms with van der Waals surface area (Å²) < 4.78 is 5.46. The quantitative estimate of drug-likeness (QED) is 0.621. The molecule has 112 valence electrons. The van der Waals surface area contributed by atoms with Gasteiger partial charge < -0.3 is 9.64 Å². The van der Waals surface area contributed by atoms with E-state index in [9.17, 15) is 0 Å². The summed E-state index contributed by atoms with van der Waals surface area (Å²) in [5.74, 6) is 6.13. The third-order valence-corrected chi connectivity index (χ3v) is 2.89. The molecule has 0 unspecified atom stereocenters. The third kappa shape index (κ3) is 3.79. The highest BCUT2D eigenvalue weighted by Crippen LogP contribution is 2.22. The van der Waals surface area contributed by atoms with Gasteiger partial charge in [-0.3, -0.25) is 5.43 Å². The molecule has 0 aliphatic carbocycles. The molecule has 1 aromatic heterocycles. The topological polar surface area (TPSA) is 89.2 Å². The minimum atomic E-state index is 0.258. The number of nitrogens with one attached hydrogen (secondary N) is 1. The van der Waals surface area contributed by atoms with Gasteiger partial charge in [0.25, 0.3) is 0 Å². The van der Waals surface area contributed by atoms with Gasteiger partial charge in [0.1, 0.15) is 0 Å². The summed E-state index contributed by atoms with van der Waals surface area (Å²) in [7, 11) is 1.88. The Morgan fingerprint density at radius 3 is 2.52 bits per heavy atom. The number of ether oxygens (including phenoxy) is 1. The van der Waals surface area contributed by atoms with Gasteiger partial charge in [0.15, 0.2) is 0 Å². The summed E-state index contributed by atoms with van der Waals surface area (Å²) >= 11 is 0. The van der Waals surface area contributed by atoms with Crippen LogP contribution in [-0.2, 0) is 0 Å². The van der Waals surface area contributed by atoms with E-state index >= 15 is 0 Å². The van der Waals surface area contributed by atoms with E-state index < -0.39 is 0 Å². The fourth-order valence-corrected chi connectivity index (χ4v) is 1.70. The molecule has 0 saturated carbocycles. The minimum Gasteiger partial charge on any atom is -0.463 e. The molecule has 1 heterocycles. The van der Waals surface area contributed by atoms with Gasteiger partial charge >= 0.3 is 6.01 Å². The molecule has 0 aliphatic heterocycles. The van der Waals surface area contributed by atoms with Crippen molar-refractivity contribution in [3.8, 4) is 6.01 Å². The minimum absolute atomic E-state index is 0.258. The Hall–Kier alpha value is -2.41. The van der Waals surface area contributed by atoms with Gasteiger partial charge in [-0.1, -0.05) is 24.6 Å². The molecule has 0 aliphatic rings. The number of hydrogen-bond acceptors (Lipinski definition) is 7. The second kappa shape index (κ2) is 6.85. The van der Waals surface area contributed by atoms with E-state index in [1.165, 1.54) is 5.56 Å². The number of hydrogen-bond donors (Lipinski definition) is 2. The first-order valence-corrected chi connectivity index (χ1v) is 6.80. The summed E-state index contributed by atoms with van der Waals surface area (Å²) in [6, 6.07) is 8.32. The lowest BCUT2D eigenvalue weighted by molar-refractivity contribution is 0.292. The molecule has 0 atom stereocenters. The van der Waals surface area contributed by atoms with Crippen LogP contribution in [0.1, 0.15) is 18.9 Å². The highest BCUT2D eigenvalue weighted by molar-refractivity contribution is 5.57. The van der Waals surface area contributed by atoms with Gasteiger partial charge in [-0.25, -0.2) is 5.84 Å². The normalized spacial score (nSPS) is 10.3. The van der Waals surface area contributed by atoms with Crippen LogP contribution in [0, 0.1) is 6.92 Å². The standard InChI is InChI=1S/C14H20N6O/c1-4-9-21-14-17-12(19-15)16-13(18-14)20(3)11-7-5-10(2)6-8-11/h5-8H,4,9,15H2,1-3H3,(H,16,17,18,19). The molecule has 1 aromatic carbocycles. The van der Waals surface area contributed by atoms with Crippen LogP contribution < -0.4 is 20.9 Å². The van der Waals surface area contributed by atoms with E-state index in [0.717, 1.165) is 12.1 Å². The molecule has 0 spiro atoms. The highest BCUT2D eigenvalue weighted by atomic mass is 16.5. The maximum absolute atomic E-state index is 5.46. The lowest BCUT2D eigenvalue weighted by Crippen LogP contribution is -2.18. The molecule has 2 rings (SSSR count). The van der Waals surface area contributed by atoms with E-state index in [0.29, 0.717) is 12.6 Å². The molecule has 0 radical (unpaired) electrons. The summed E-state index contributed by atoms with van der Waals surface area (Å²) in [6.45, 7) is 4.60. The summed E-state index contributed by atoms with van der Waals surface area (Å²) in [6.07, 6.45) is 0.875. The second-order valence-corrected chi connectivity index (χ2v) is 4.63. The Labute approximate surface area is 124 Å². The molecule has 3 N–H and O–H groups in total. The number of hydrazine groups is 1. The fourth-order valence-electron chi connectivity index (χ4n) is 1.70. The SMILES string of the molecule is CCCOc1nc(NN)nc(N(C)c2ccc(C)cc2)n1. The number of aromatic nitrogens is 3. The molecule has 7 heteroatoms. The second-order valence-electron chi connectivity index (χ2n) is 4.63. The van der Waals surface area contributed by atoms with E-state index in [-0.39, 0.29) is 12.0 Å². The predicted molar refractivity (Wildman–Crippen MR) is 82.7 cm³/mol. The Morgan fingerprint density at radius 1 is 1.19 bits per heavy atom. The van der Waals surface area contributed by atoms with Crippen molar-refractivity contribution < 1.29 is 4.74 Å². The molecule has 0 bridgehead atoms. The number of anilines is 3. The van der Waals surface area contributed by atoms with Crippen molar-refractivity contribution in [1.82, 2.24) is 15.0 Å². The number of nitrogens with zero attached hydrogens (tertiary/aromatic N) is 4. The number of benzene rings is 1. The van der Waals surface area contributed by atoms with E-state index in [4.69, 9.17) is 10.6 Å². The first-order chi connectivity index (χ1) is 10.1. The van der Waals surface area contributed by atoms with Crippen molar-refractivity contribution >= 4 is 17.6 Å². The van der Waals surface area contributed by atoms with Crippen LogP contribution in [0.3, 0.4) is 0 Å². The molecule has 0 amide bonds. The van der Waals surface area contributed by atoms with Crippen LogP contribution in [0.2, 0.25) is 0 Å². The Balaban J connectivity index is 2.30. The lowest BCUT2D eigenvalue weighted by atomic mass is 10.2. The van der Waals surface area contributed by atoms with Crippen LogP contribution in [0.5, 0.6) is 6.01 Å². The molecule has 0 saturated heterocycles. The van der Waals surface area contributed by atoms with Crippen LogP contribution in [0.15, 0.2) is 24.3 Å². The Bertz CT molecular complexity index is 587. The van der Waals surface area contributed by atoms with Gasteiger partial charge in [0.2, 0.25) is 11.9 Å². The maximum Gasteiger partial charge on any atom is 0.323 e. The number of rotatable bonds is 6. The summed E-state index contributed by atoms with van der Waals surface area (Å²) in [4.78, 5) is 14.5. The largest absolute Gasteiger partial charge is 0.463 e. The maximum atomic E-state index is 5.46. The number of nitrogens with two attached hydrogens (primary N) is 1. The van der Waals surface area contributed by atoms with E-state index in [2.05, 4.69) is 20.4 Å². The fraction of sp³-hybridized carbons (Fsp3) is 0.357. The highest BCUT2D eigenvalue weighted by Gasteiger charge is 2.12. The first-order valence-electron chi connectivity index (χ1n) is 6.80. The summed E-state index contributed by atoms with van der Waals surface area (Å²) in [5.41, 5.74) is 4.59. The molecular weight excluding hydrogens is 268 g/mol. The molecule has 2 aromatic rings. The van der Waals surface area contributed by atoms with Crippen LogP contribution in [0.25, 0.3) is 0 Å². The van der Waals surface area contributed by atoms with Crippen molar-refractivity contribution in [3.63, 3.8) is 0 Å². The van der Waals surface area contributed by atoms with Crippen molar-refractivity contribution in [2.45, 2.75) is 20.3 Å². The predicted octanol–water partition coefficient (Wildman–Crippen LogP) is 2.02. The van der Waals surface area contributed by atoms with Gasteiger partial charge in [-0.15, -0.1) is 0 Å². The van der Waals surface area contributed by atoms with Crippen LogP contribution >= 0.6 is 0 Å². The average Bonchev–Trinajstić information content (AvgIpc) is 2.52. The summed E-state index contributed by atoms with van der Waals surface area (Å²) in [5, 5.41) is 0. The van der Waals surface area contributed by atoms with Crippen LogP contribution in [-0.4, -0.2) is 28.6 Å². The van der Waals surface area contributed by atoms with Gasteiger partial charge in [0.05, 0.1) is 6.61 Å². The first kappa shape index (κ1) is 15.0. The van der Waals surface area contributed by atoms with E-state index in [1.807, 2.05) is 50.1 Å². The third-order valence-electron chi connectivity index (χ3n) is 2.89. The zero-order chi connectivity index (χ0) is 15.2. The molecule has 7 nitrogen and oxygen atoms in total. The van der Waals surface area contributed by atoms with Crippen molar-refractivity contribution in [2.24, 2.45) is 5.84 Å². The van der Waals surface area contributed by atoms with Crippen molar-refractivity contribution in [1.29, 1.82) is 0 Å². The van der Waals surface area contributed by atoms with Crippen molar-refractivity contribution in [3.05, 3.63) is 29.8 Å². The molecule has 21 heavy (non-hydrogen) atoms. The molecule has 0 fully saturated rings. The lowest BCUT2D eigenvalue weighted by Gasteiger charge is -2.18. The Kier molecular flexibility index (Phi) is 4.89. The molecular formula is C14H20N6O.